The number of nitrogens with zero attached hydrogens (tertiary/aromatic N) is 4. The van der Waals surface area contributed by atoms with Gasteiger partial charge in [0, 0.05) is 32.1 Å². The summed E-state index contributed by atoms with van der Waals surface area (Å²) >= 11 is 0. The normalized spacial score (nSPS) is 12.1. The number of hydrogen-bond donors (Lipinski definition) is 2. The molecule has 0 bridgehead atoms. The van der Waals surface area contributed by atoms with Crippen molar-refractivity contribution in [3.05, 3.63) is 41.9 Å². The second kappa shape index (κ2) is 9.07. The summed E-state index contributed by atoms with van der Waals surface area (Å²) in [7, 11) is 1.86. The van der Waals surface area contributed by atoms with Crippen LogP contribution in [0.2, 0.25) is 0 Å². The van der Waals surface area contributed by atoms with Gasteiger partial charge >= 0.3 is 6.18 Å². The number of aryl methyl sites for hydroxylation is 1. The van der Waals surface area contributed by atoms with Crippen molar-refractivity contribution in [2.45, 2.75) is 26.2 Å². The number of rotatable bonds is 7. The van der Waals surface area contributed by atoms with Crippen LogP contribution < -0.4 is 15.4 Å². The van der Waals surface area contributed by atoms with E-state index < -0.39 is 12.8 Å². The predicted molar refractivity (Wildman–Crippen MR) is 90.7 cm³/mol. The van der Waals surface area contributed by atoms with Crippen LogP contribution in [0, 0.1) is 0 Å². The molecule has 26 heavy (non-hydrogen) atoms. The fraction of sp³-hybridized carbons (Fsp3) is 0.438. The highest BCUT2D eigenvalue weighted by Gasteiger charge is 2.28. The SMILES string of the molecule is CCNC(=NCc1ccc(OCC(F)(F)F)nc1)NCc1ccnn1C. The molecule has 2 heterocycles. The Balaban J connectivity index is 1.90. The van der Waals surface area contributed by atoms with Crippen LogP contribution in [0.3, 0.4) is 0 Å². The number of pyridine rings is 1. The van der Waals surface area contributed by atoms with Crippen LogP contribution in [0.5, 0.6) is 5.88 Å². The lowest BCUT2D eigenvalue weighted by Gasteiger charge is -2.11. The van der Waals surface area contributed by atoms with E-state index in [2.05, 4.69) is 30.4 Å². The van der Waals surface area contributed by atoms with Crippen molar-refractivity contribution in [2.75, 3.05) is 13.2 Å². The van der Waals surface area contributed by atoms with Gasteiger partial charge in [0.25, 0.3) is 0 Å². The molecule has 0 radical (unpaired) electrons. The van der Waals surface area contributed by atoms with Crippen molar-refractivity contribution in [1.82, 2.24) is 25.4 Å². The average molecular weight is 370 g/mol. The van der Waals surface area contributed by atoms with Crippen LogP contribution in [0.4, 0.5) is 13.2 Å². The van der Waals surface area contributed by atoms with Gasteiger partial charge in [-0.25, -0.2) is 9.98 Å². The standard InChI is InChI=1S/C16H21F3N6O/c1-3-20-15(23-10-13-6-7-24-25(13)2)22-9-12-4-5-14(21-8-12)26-11-16(17,18)19/h4-8H,3,9-11H2,1-2H3,(H2,20,22,23). The molecule has 0 atom stereocenters. The third-order valence-corrected chi connectivity index (χ3v) is 3.30. The number of alkyl halides is 3. The van der Waals surface area contributed by atoms with Gasteiger partial charge < -0.3 is 15.4 Å². The zero-order valence-electron chi connectivity index (χ0n) is 14.5. The fourth-order valence-corrected chi connectivity index (χ4v) is 2.01. The Kier molecular flexibility index (Phi) is 6.81. The Morgan fingerprint density at radius 1 is 1.27 bits per heavy atom. The van der Waals surface area contributed by atoms with E-state index in [4.69, 9.17) is 0 Å². The first-order valence-corrected chi connectivity index (χ1v) is 8.01. The monoisotopic (exact) mass is 370 g/mol. The van der Waals surface area contributed by atoms with Crippen LogP contribution in [0.1, 0.15) is 18.2 Å². The van der Waals surface area contributed by atoms with Gasteiger partial charge in [-0.2, -0.15) is 18.3 Å². The van der Waals surface area contributed by atoms with Gasteiger partial charge in [0.05, 0.1) is 18.8 Å². The first kappa shape index (κ1) is 19.5. The summed E-state index contributed by atoms with van der Waals surface area (Å²) in [5.74, 6) is 0.544. The summed E-state index contributed by atoms with van der Waals surface area (Å²) in [6.45, 7) is 2.17. The minimum Gasteiger partial charge on any atom is -0.468 e. The number of nitrogens with one attached hydrogen (secondary N) is 2. The third kappa shape index (κ3) is 6.61. The maximum atomic E-state index is 12.1. The lowest BCUT2D eigenvalue weighted by Crippen LogP contribution is -2.37. The van der Waals surface area contributed by atoms with Crippen molar-refractivity contribution in [1.29, 1.82) is 0 Å². The molecule has 0 aliphatic heterocycles. The van der Waals surface area contributed by atoms with Gasteiger partial charge in [-0.3, -0.25) is 4.68 Å². The Morgan fingerprint density at radius 3 is 2.65 bits per heavy atom. The summed E-state index contributed by atoms with van der Waals surface area (Å²) in [6.07, 6.45) is -1.22. The van der Waals surface area contributed by atoms with Crippen molar-refractivity contribution in [3.8, 4) is 5.88 Å². The van der Waals surface area contributed by atoms with Gasteiger partial charge in [-0.05, 0) is 18.6 Å². The van der Waals surface area contributed by atoms with E-state index in [0.717, 1.165) is 11.3 Å². The van der Waals surface area contributed by atoms with Crippen LogP contribution in [0.15, 0.2) is 35.6 Å². The van der Waals surface area contributed by atoms with E-state index in [1.54, 1.807) is 16.9 Å². The van der Waals surface area contributed by atoms with Crippen molar-refractivity contribution < 1.29 is 17.9 Å². The minimum absolute atomic E-state index is 0.0729. The highest BCUT2D eigenvalue weighted by atomic mass is 19.4. The second-order valence-electron chi connectivity index (χ2n) is 5.40. The highest BCUT2D eigenvalue weighted by molar-refractivity contribution is 5.79. The van der Waals surface area contributed by atoms with Crippen LogP contribution in [-0.4, -0.2) is 40.1 Å². The summed E-state index contributed by atoms with van der Waals surface area (Å²) < 4.78 is 42.7. The molecular weight excluding hydrogens is 349 g/mol. The molecule has 0 saturated carbocycles. The summed E-state index contributed by atoms with van der Waals surface area (Å²) in [5, 5.41) is 10.4. The number of ether oxygens (including phenoxy) is 1. The van der Waals surface area contributed by atoms with Crippen molar-refractivity contribution in [3.63, 3.8) is 0 Å². The molecule has 7 nitrogen and oxygen atoms in total. The highest BCUT2D eigenvalue weighted by Crippen LogP contribution is 2.17. The number of hydrogen-bond acceptors (Lipinski definition) is 4. The quantitative estimate of drug-likeness (QED) is 0.576. The third-order valence-electron chi connectivity index (χ3n) is 3.30. The van der Waals surface area contributed by atoms with Gasteiger partial charge in [-0.15, -0.1) is 0 Å². The van der Waals surface area contributed by atoms with Crippen LogP contribution in [0.25, 0.3) is 0 Å². The Labute approximate surface area is 149 Å². The predicted octanol–water partition coefficient (Wildman–Crippen LogP) is 2.01. The maximum Gasteiger partial charge on any atom is 0.422 e. The smallest absolute Gasteiger partial charge is 0.422 e. The molecule has 0 spiro atoms. The molecule has 0 amide bonds. The summed E-state index contributed by atoms with van der Waals surface area (Å²) in [5.41, 5.74) is 1.76. The molecule has 0 aliphatic carbocycles. The van der Waals surface area contributed by atoms with E-state index >= 15 is 0 Å². The largest absolute Gasteiger partial charge is 0.468 e. The van der Waals surface area contributed by atoms with Gasteiger partial charge in [-0.1, -0.05) is 6.07 Å². The molecule has 0 saturated heterocycles. The molecular formula is C16H21F3N6O. The first-order valence-electron chi connectivity index (χ1n) is 8.01. The van der Waals surface area contributed by atoms with Crippen molar-refractivity contribution in [2.24, 2.45) is 12.0 Å². The lowest BCUT2D eigenvalue weighted by atomic mass is 10.3. The molecule has 2 N–H and O–H groups in total. The number of halogens is 3. The van der Waals surface area contributed by atoms with Gasteiger partial charge in [0.15, 0.2) is 12.6 Å². The van der Waals surface area contributed by atoms with Gasteiger partial charge in [0.1, 0.15) is 0 Å². The molecule has 10 heteroatoms. The Bertz CT molecular complexity index is 712. The molecule has 2 aromatic rings. The Hall–Kier alpha value is -2.78. The van der Waals surface area contributed by atoms with Crippen LogP contribution >= 0.6 is 0 Å². The van der Waals surface area contributed by atoms with E-state index in [1.165, 1.54) is 12.3 Å². The molecule has 142 valence electrons. The Morgan fingerprint density at radius 2 is 2.08 bits per heavy atom. The first-order chi connectivity index (χ1) is 12.4. The zero-order chi connectivity index (χ0) is 19.0. The molecule has 2 rings (SSSR count). The number of guanidine groups is 1. The molecule has 2 aromatic heterocycles. The summed E-state index contributed by atoms with van der Waals surface area (Å²) in [4.78, 5) is 8.29. The minimum atomic E-state index is -4.38. The lowest BCUT2D eigenvalue weighted by molar-refractivity contribution is -0.154. The van der Waals surface area contributed by atoms with Crippen LogP contribution in [-0.2, 0) is 20.1 Å². The zero-order valence-corrected chi connectivity index (χ0v) is 14.5. The van der Waals surface area contributed by atoms with E-state index in [1.807, 2.05) is 20.0 Å². The van der Waals surface area contributed by atoms with Crippen molar-refractivity contribution >= 4 is 5.96 Å². The maximum absolute atomic E-state index is 12.1. The fourth-order valence-electron chi connectivity index (χ4n) is 2.01. The van der Waals surface area contributed by atoms with Gasteiger partial charge in [0.2, 0.25) is 5.88 Å². The molecule has 0 aliphatic rings. The summed E-state index contributed by atoms with van der Waals surface area (Å²) in [6, 6.07) is 4.93. The van der Waals surface area contributed by atoms with E-state index in [9.17, 15) is 13.2 Å². The molecule has 0 aromatic carbocycles. The molecule has 0 unspecified atom stereocenters. The average Bonchev–Trinajstić information content (AvgIpc) is 3.01. The van der Waals surface area contributed by atoms with E-state index in [-0.39, 0.29) is 5.88 Å². The van der Waals surface area contributed by atoms with E-state index in [0.29, 0.717) is 25.6 Å². The number of aliphatic imine (C=N–C) groups is 1. The topological polar surface area (TPSA) is 76.4 Å². The molecule has 0 fully saturated rings. The number of aromatic nitrogens is 3. The second-order valence-corrected chi connectivity index (χ2v) is 5.40.